The Morgan fingerprint density at radius 2 is 1.95 bits per heavy atom. The van der Waals surface area contributed by atoms with Gasteiger partial charge in [-0.05, 0) is 42.8 Å². The van der Waals surface area contributed by atoms with E-state index in [0.717, 1.165) is 29.0 Å². The molecule has 1 heterocycles. The molecule has 0 aliphatic rings. The van der Waals surface area contributed by atoms with Gasteiger partial charge in [0.25, 0.3) is 0 Å². The van der Waals surface area contributed by atoms with Gasteiger partial charge >= 0.3 is 0 Å². The van der Waals surface area contributed by atoms with Crippen molar-refractivity contribution in [2.75, 3.05) is 13.2 Å². The van der Waals surface area contributed by atoms with E-state index in [1.165, 1.54) is 5.56 Å². The Morgan fingerprint density at radius 3 is 2.63 bits per heavy atom. The summed E-state index contributed by atoms with van der Waals surface area (Å²) in [5, 5.41) is 3.33. The van der Waals surface area contributed by atoms with Crippen LogP contribution in [0.25, 0.3) is 0 Å². The van der Waals surface area contributed by atoms with E-state index in [9.17, 15) is 0 Å². The molecule has 0 aliphatic heterocycles. The van der Waals surface area contributed by atoms with E-state index in [0.29, 0.717) is 6.61 Å². The molecule has 0 aliphatic carbocycles. The standard InChI is InChI=1S/C15H17BrN2O/c1-12-2-3-13(11-18-12)10-17-8-9-19-15-6-4-14(16)5-7-15/h2-7,11,17H,8-10H2,1H3. The minimum atomic E-state index is 0.654. The van der Waals surface area contributed by atoms with Gasteiger partial charge < -0.3 is 10.1 Å². The zero-order valence-electron chi connectivity index (χ0n) is 10.9. The molecule has 2 aromatic rings. The molecule has 100 valence electrons. The summed E-state index contributed by atoms with van der Waals surface area (Å²) in [6.45, 7) is 4.27. The summed E-state index contributed by atoms with van der Waals surface area (Å²) < 4.78 is 6.68. The van der Waals surface area contributed by atoms with Crippen LogP contribution in [0.5, 0.6) is 5.75 Å². The second-order valence-electron chi connectivity index (χ2n) is 4.29. The van der Waals surface area contributed by atoms with E-state index in [2.05, 4.69) is 32.3 Å². The Morgan fingerprint density at radius 1 is 1.16 bits per heavy atom. The Kier molecular flexibility index (Phi) is 5.36. The Hall–Kier alpha value is -1.39. The fourth-order valence-electron chi connectivity index (χ4n) is 1.61. The number of pyridine rings is 1. The topological polar surface area (TPSA) is 34.1 Å². The summed E-state index contributed by atoms with van der Waals surface area (Å²) in [4.78, 5) is 4.26. The van der Waals surface area contributed by atoms with Crippen molar-refractivity contribution >= 4 is 15.9 Å². The molecule has 0 atom stereocenters. The lowest BCUT2D eigenvalue weighted by atomic mass is 10.2. The number of halogens is 1. The van der Waals surface area contributed by atoms with Gasteiger partial charge in [0.2, 0.25) is 0 Å². The number of nitrogens with one attached hydrogen (secondary N) is 1. The highest BCUT2D eigenvalue weighted by Crippen LogP contribution is 2.15. The van der Waals surface area contributed by atoms with Crippen LogP contribution in [0.15, 0.2) is 47.1 Å². The number of hydrogen-bond acceptors (Lipinski definition) is 3. The molecule has 1 aromatic carbocycles. The van der Waals surface area contributed by atoms with Crippen molar-refractivity contribution in [1.82, 2.24) is 10.3 Å². The number of nitrogens with zero attached hydrogens (tertiary/aromatic N) is 1. The second-order valence-corrected chi connectivity index (χ2v) is 5.20. The van der Waals surface area contributed by atoms with E-state index in [4.69, 9.17) is 4.74 Å². The summed E-state index contributed by atoms with van der Waals surface area (Å²) in [6.07, 6.45) is 1.90. The van der Waals surface area contributed by atoms with Gasteiger partial charge in [0, 0.05) is 29.5 Å². The number of hydrogen-bond donors (Lipinski definition) is 1. The molecule has 0 bridgehead atoms. The maximum Gasteiger partial charge on any atom is 0.119 e. The predicted molar refractivity (Wildman–Crippen MR) is 80.3 cm³/mol. The maximum atomic E-state index is 5.62. The highest BCUT2D eigenvalue weighted by Gasteiger charge is 1.95. The van der Waals surface area contributed by atoms with Gasteiger partial charge in [-0.3, -0.25) is 4.98 Å². The van der Waals surface area contributed by atoms with Crippen LogP contribution in [0.4, 0.5) is 0 Å². The Bertz CT molecular complexity index is 449. The van der Waals surface area contributed by atoms with E-state index >= 15 is 0 Å². The van der Waals surface area contributed by atoms with Crippen molar-refractivity contribution in [3.63, 3.8) is 0 Å². The van der Waals surface area contributed by atoms with E-state index < -0.39 is 0 Å². The quantitative estimate of drug-likeness (QED) is 0.829. The molecule has 0 fully saturated rings. The zero-order valence-corrected chi connectivity index (χ0v) is 12.5. The van der Waals surface area contributed by atoms with Crippen LogP contribution in [0.2, 0.25) is 0 Å². The first-order valence-electron chi connectivity index (χ1n) is 6.24. The number of ether oxygens (including phenoxy) is 1. The molecule has 1 N–H and O–H groups in total. The van der Waals surface area contributed by atoms with Crippen molar-refractivity contribution < 1.29 is 4.74 Å². The first kappa shape index (κ1) is 14.0. The predicted octanol–water partition coefficient (Wildman–Crippen LogP) is 3.32. The lowest BCUT2D eigenvalue weighted by Gasteiger charge is -2.07. The summed E-state index contributed by atoms with van der Waals surface area (Å²) in [5.74, 6) is 0.891. The van der Waals surface area contributed by atoms with Gasteiger partial charge in [0.1, 0.15) is 12.4 Å². The monoisotopic (exact) mass is 320 g/mol. The lowest BCUT2D eigenvalue weighted by molar-refractivity contribution is 0.313. The van der Waals surface area contributed by atoms with Crippen LogP contribution < -0.4 is 10.1 Å². The summed E-state index contributed by atoms with van der Waals surface area (Å²) >= 11 is 3.40. The third-order valence-corrected chi connectivity index (χ3v) is 3.19. The lowest BCUT2D eigenvalue weighted by Crippen LogP contribution is -2.20. The number of rotatable bonds is 6. The van der Waals surface area contributed by atoms with Gasteiger partial charge in [-0.15, -0.1) is 0 Å². The number of benzene rings is 1. The molecule has 0 spiro atoms. The molecule has 0 unspecified atom stereocenters. The van der Waals surface area contributed by atoms with Gasteiger partial charge in [-0.1, -0.05) is 22.0 Å². The molecule has 4 heteroatoms. The average Bonchev–Trinajstić information content (AvgIpc) is 2.43. The third-order valence-electron chi connectivity index (χ3n) is 2.66. The first-order chi connectivity index (χ1) is 9.24. The number of aryl methyl sites for hydroxylation is 1. The fourth-order valence-corrected chi connectivity index (χ4v) is 1.87. The summed E-state index contributed by atoms with van der Waals surface area (Å²) in [5.41, 5.74) is 2.23. The molecular weight excluding hydrogens is 304 g/mol. The van der Waals surface area contributed by atoms with Crippen molar-refractivity contribution in [3.05, 3.63) is 58.3 Å². The zero-order chi connectivity index (χ0) is 13.5. The van der Waals surface area contributed by atoms with Crippen LogP contribution in [-0.2, 0) is 6.54 Å². The normalized spacial score (nSPS) is 10.4. The average molecular weight is 321 g/mol. The highest BCUT2D eigenvalue weighted by molar-refractivity contribution is 9.10. The smallest absolute Gasteiger partial charge is 0.119 e. The summed E-state index contributed by atoms with van der Waals surface area (Å²) in [6, 6.07) is 12.0. The molecule has 3 nitrogen and oxygen atoms in total. The molecule has 0 saturated heterocycles. The Balaban J connectivity index is 1.64. The van der Waals surface area contributed by atoms with E-state index in [1.807, 2.05) is 43.5 Å². The van der Waals surface area contributed by atoms with E-state index in [1.54, 1.807) is 0 Å². The van der Waals surface area contributed by atoms with Gasteiger partial charge in [0.05, 0.1) is 0 Å². The molecule has 0 amide bonds. The van der Waals surface area contributed by atoms with Crippen molar-refractivity contribution in [2.45, 2.75) is 13.5 Å². The van der Waals surface area contributed by atoms with Crippen LogP contribution in [0.1, 0.15) is 11.3 Å². The third kappa shape index (κ3) is 5.01. The molecular formula is C15H17BrN2O. The first-order valence-corrected chi connectivity index (χ1v) is 7.04. The molecule has 0 saturated carbocycles. The largest absolute Gasteiger partial charge is 0.492 e. The fraction of sp³-hybridized carbons (Fsp3) is 0.267. The molecule has 2 rings (SSSR count). The second kappa shape index (κ2) is 7.26. The van der Waals surface area contributed by atoms with Crippen molar-refractivity contribution in [3.8, 4) is 5.75 Å². The number of aromatic nitrogens is 1. The van der Waals surface area contributed by atoms with Gasteiger partial charge in [-0.25, -0.2) is 0 Å². The molecule has 1 aromatic heterocycles. The minimum absolute atomic E-state index is 0.654. The molecule has 19 heavy (non-hydrogen) atoms. The summed E-state index contributed by atoms with van der Waals surface area (Å²) in [7, 11) is 0. The van der Waals surface area contributed by atoms with Crippen LogP contribution >= 0.6 is 15.9 Å². The van der Waals surface area contributed by atoms with Gasteiger partial charge in [0.15, 0.2) is 0 Å². The van der Waals surface area contributed by atoms with Crippen LogP contribution in [0.3, 0.4) is 0 Å². The maximum absolute atomic E-state index is 5.62. The van der Waals surface area contributed by atoms with Crippen molar-refractivity contribution in [2.24, 2.45) is 0 Å². The van der Waals surface area contributed by atoms with Crippen LogP contribution in [-0.4, -0.2) is 18.1 Å². The molecule has 0 radical (unpaired) electrons. The minimum Gasteiger partial charge on any atom is -0.492 e. The van der Waals surface area contributed by atoms with Crippen LogP contribution in [0, 0.1) is 6.92 Å². The Labute approximate surface area is 122 Å². The highest BCUT2D eigenvalue weighted by atomic mass is 79.9. The SMILES string of the molecule is Cc1ccc(CNCCOc2ccc(Br)cc2)cn1. The van der Waals surface area contributed by atoms with Crippen molar-refractivity contribution in [1.29, 1.82) is 0 Å². The van der Waals surface area contributed by atoms with Gasteiger partial charge in [-0.2, -0.15) is 0 Å². The van der Waals surface area contributed by atoms with E-state index in [-0.39, 0.29) is 0 Å².